The molecule has 26 heavy (non-hydrogen) atoms. The molecule has 1 N–H and O–H groups in total. The summed E-state index contributed by atoms with van der Waals surface area (Å²) in [6.07, 6.45) is 0. The lowest BCUT2D eigenvalue weighted by Crippen LogP contribution is -2.39. The van der Waals surface area contributed by atoms with Crippen LogP contribution < -0.4 is 15.0 Å². The number of rotatable bonds is 5. The van der Waals surface area contributed by atoms with Crippen LogP contribution in [0.25, 0.3) is 0 Å². The second-order valence-corrected chi connectivity index (χ2v) is 5.38. The summed E-state index contributed by atoms with van der Waals surface area (Å²) < 4.78 is 9.81. The molecule has 0 spiro atoms. The number of anilines is 2. The van der Waals surface area contributed by atoms with Crippen LogP contribution in [-0.4, -0.2) is 47.5 Å². The third-order valence-electron chi connectivity index (χ3n) is 3.58. The predicted octanol–water partition coefficient (Wildman–Crippen LogP) is 0.926. The summed E-state index contributed by atoms with van der Waals surface area (Å²) in [7, 11) is 1.47. The third kappa shape index (κ3) is 3.11. The van der Waals surface area contributed by atoms with E-state index in [9.17, 15) is 19.2 Å². The van der Waals surface area contributed by atoms with Gasteiger partial charge in [-0.2, -0.15) is 0 Å². The van der Waals surface area contributed by atoms with Gasteiger partial charge in [-0.1, -0.05) is 5.16 Å². The highest BCUT2D eigenvalue weighted by Gasteiger charge is 2.46. The Bertz CT molecular complexity index is 888. The summed E-state index contributed by atoms with van der Waals surface area (Å²) >= 11 is 0. The molecule has 5 amide bonds. The molecule has 1 aromatic carbocycles. The first-order valence-corrected chi connectivity index (χ1v) is 7.48. The summed E-state index contributed by atoms with van der Waals surface area (Å²) in [4.78, 5) is 50.0. The molecule has 1 saturated heterocycles. The van der Waals surface area contributed by atoms with Crippen molar-refractivity contribution in [1.82, 2.24) is 10.1 Å². The summed E-state index contributed by atoms with van der Waals surface area (Å²) in [6, 6.07) is 6.58. The zero-order chi connectivity index (χ0) is 18.8. The van der Waals surface area contributed by atoms with Gasteiger partial charge in [-0.25, -0.2) is 14.6 Å². The first kappa shape index (κ1) is 17.1. The Morgan fingerprint density at radius 2 is 1.88 bits per heavy atom. The fourth-order valence-electron chi connectivity index (χ4n) is 2.36. The van der Waals surface area contributed by atoms with Crippen LogP contribution in [0.15, 0.2) is 34.9 Å². The van der Waals surface area contributed by atoms with E-state index in [0.29, 0.717) is 21.3 Å². The number of amides is 5. The summed E-state index contributed by atoms with van der Waals surface area (Å²) in [5.41, 5.74) is 0.198. The fraction of sp³-hybridized carbons (Fsp3) is 0.188. The molecule has 0 bridgehead atoms. The van der Waals surface area contributed by atoms with E-state index in [1.165, 1.54) is 25.3 Å². The molecule has 0 saturated carbocycles. The molecule has 0 atom stereocenters. The van der Waals surface area contributed by atoms with Crippen LogP contribution in [-0.2, 0) is 14.4 Å². The molecular formula is C16H14N4O6. The number of urea groups is 1. The number of methoxy groups -OCH3 is 1. The lowest BCUT2D eigenvalue weighted by molar-refractivity contribution is -0.140. The van der Waals surface area contributed by atoms with Crippen molar-refractivity contribution in [2.24, 2.45) is 0 Å². The van der Waals surface area contributed by atoms with Gasteiger partial charge in [0.25, 0.3) is 0 Å². The van der Waals surface area contributed by atoms with Crippen LogP contribution in [0.5, 0.6) is 5.75 Å². The largest absolute Gasteiger partial charge is 0.497 e. The number of benzene rings is 1. The van der Waals surface area contributed by atoms with Crippen LogP contribution in [0.3, 0.4) is 0 Å². The molecule has 2 heterocycles. The number of ether oxygens (including phenoxy) is 1. The van der Waals surface area contributed by atoms with E-state index >= 15 is 0 Å². The van der Waals surface area contributed by atoms with Crippen LogP contribution >= 0.6 is 0 Å². The molecule has 0 unspecified atom stereocenters. The number of hydrogen-bond donors (Lipinski definition) is 1. The zero-order valence-corrected chi connectivity index (χ0v) is 13.9. The quantitative estimate of drug-likeness (QED) is 0.623. The van der Waals surface area contributed by atoms with Crippen LogP contribution in [0, 0.1) is 6.92 Å². The highest BCUT2D eigenvalue weighted by atomic mass is 16.5. The molecule has 134 valence electrons. The maximum Gasteiger partial charge on any atom is 0.339 e. The molecule has 1 aliphatic rings. The monoisotopic (exact) mass is 358 g/mol. The Morgan fingerprint density at radius 1 is 1.19 bits per heavy atom. The fourth-order valence-corrected chi connectivity index (χ4v) is 2.36. The zero-order valence-electron chi connectivity index (χ0n) is 13.9. The van der Waals surface area contributed by atoms with Crippen molar-refractivity contribution in [3.05, 3.63) is 36.1 Å². The molecular weight excluding hydrogens is 344 g/mol. The lowest BCUT2D eigenvalue weighted by Gasteiger charge is -2.15. The van der Waals surface area contributed by atoms with Gasteiger partial charge in [-0.3, -0.25) is 14.4 Å². The van der Waals surface area contributed by atoms with Gasteiger partial charge in [-0.05, 0) is 31.2 Å². The van der Waals surface area contributed by atoms with Crippen molar-refractivity contribution in [3.8, 4) is 5.75 Å². The topological polar surface area (TPSA) is 122 Å². The van der Waals surface area contributed by atoms with E-state index in [1.807, 2.05) is 0 Å². The molecule has 3 rings (SSSR count). The predicted molar refractivity (Wildman–Crippen MR) is 87.5 cm³/mol. The van der Waals surface area contributed by atoms with Crippen LogP contribution in [0.2, 0.25) is 0 Å². The number of carbonyl (C=O) groups excluding carboxylic acids is 4. The van der Waals surface area contributed by atoms with Gasteiger partial charge in [0.1, 0.15) is 18.1 Å². The average Bonchev–Trinajstić information content (AvgIpc) is 3.12. The Balaban J connectivity index is 1.74. The highest BCUT2D eigenvalue weighted by molar-refractivity contribution is 6.53. The third-order valence-corrected chi connectivity index (χ3v) is 3.58. The molecule has 1 aromatic heterocycles. The smallest absolute Gasteiger partial charge is 0.339 e. The van der Waals surface area contributed by atoms with E-state index in [0.717, 1.165) is 0 Å². The van der Waals surface area contributed by atoms with Gasteiger partial charge in [0.15, 0.2) is 5.82 Å². The van der Waals surface area contributed by atoms with Crippen molar-refractivity contribution < 1.29 is 28.4 Å². The molecule has 1 aliphatic heterocycles. The number of nitrogens with zero attached hydrogens (tertiary/aromatic N) is 3. The second-order valence-electron chi connectivity index (χ2n) is 5.38. The van der Waals surface area contributed by atoms with Gasteiger partial charge < -0.3 is 14.6 Å². The first-order chi connectivity index (χ1) is 12.4. The van der Waals surface area contributed by atoms with E-state index in [2.05, 4.69) is 10.5 Å². The number of nitrogens with one attached hydrogen (secondary N) is 1. The minimum Gasteiger partial charge on any atom is -0.497 e. The van der Waals surface area contributed by atoms with E-state index < -0.39 is 30.3 Å². The highest BCUT2D eigenvalue weighted by Crippen LogP contribution is 2.24. The van der Waals surface area contributed by atoms with Crippen molar-refractivity contribution in [2.45, 2.75) is 6.92 Å². The van der Waals surface area contributed by atoms with Gasteiger partial charge in [0, 0.05) is 6.07 Å². The standard InChI is InChI=1S/C16H14N4O6/c1-9-7-12(18-26-9)17-13(21)8-19-14(22)15(23)20(16(19)24)10-3-5-11(25-2)6-4-10/h3-7H,8H2,1-2H3,(H,17,18,21). The number of imide groups is 2. The minimum absolute atomic E-state index is 0.143. The SMILES string of the molecule is COc1ccc(N2C(=O)C(=O)N(CC(=O)Nc3cc(C)on3)C2=O)cc1. The summed E-state index contributed by atoms with van der Waals surface area (Å²) in [5.74, 6) is -1.66. The minimum atomic E-state index is -1.09. The maximum absolute atomic E-state index is 12.4. The summed E-state index contributed by atoms with van der Waals surface area (Å²) in [6.45, 7) is 1.02. The van der Waals surface area contributed by atoms with Gasteiger partial charge in [0.05, 0.1) is 12.8 Å². The van der Waals surface area contributed by atoms with E-state index in [-0.39, 0.29) is 11.5 Å². The van der Waals surface area contributed by atoms with Crippen molar-refractivity contribution in [3.63, 3.8) is 0 Å². The first-order valence-electron chi connectivity index (χ1n) is 7.48. The molecule has 2 aromatic rings. The number of carbonyl (C=O) groups is 4. The molecule has 1 fully saturated rings. The average molecular weight is 358 g/mol. The molecule has 0 radical (unpaired) electrons. The van der Waals surface area contributed by atoms with Crippen molar-refractivity contribution in [2.75, 3.05) is 23.9 Å². The van der Waals surface area contributed by atoms with Crippen LogP contribution in [0.4, 0.5) is 16.3 Å². The maximum atomic E-state index is 12.4. The van der Waals surface area contributed by atoms with Crippen molar-refractivity contribution in [1.29, 1.82) is 0 Å². The molecule has 0 aliphatic carbocycles. The second kappa shape index (κ2) is 6.67. The van der Waals surface area contributed by atoms with Crippen molar-refractivity contribution >= 4 is 35.3 Å². The lowest BCUT2D eigenvalue weighted by atomic mass is 10.3. The number of aryl methyl sites for hydroxylation is 1. The summed E-state index contributed by atoms with van der Waals surface area (Å²) in [5, 5.41) is 5.96. The Labute approximate surface area is 147 Å². The molecule has 10 heteroatoms. The Morgan fingerprint density at radius 3 is 2.46 bits per heavy atom. The van der Waals surface area contributed by atoms with Gasteiger partial charge in [-0.15, -0.1) is 0 Å². The number of hydrogen-bond acceptors (Lipinski definition) is 7. The van der Waals surface area contributed by atoms with Gasteiger partial charge >= 0.3 is 17.8 Å². The van der Waals surface area contributed by atoms with Gasteiger partial charge in [0.2, 0.25) is 5.91 Å². The van der Waals surface area contributed by atoms with E-state index in [1.54, 1.807) is 19.1 Å². The normalized spacial score (nSPS) is 14.2. The molecule has 10 nitrogen and oxygen atoms in total. The number of aromatic nitrogens is 1. The Hall–Kier alpha value is -3.69. The van der Waals surface area contributed by atoms with E-state index in [4.69, 9.17) is 9.26 Å². The van der Waals surface area contributed by atoms with Crippen LogP contribution in [0.1, 0.15) is 5.76 Å². The Kier molecular flexibility index (Phi) is 4.40.